The van der Waals surface area contributed by atoms with E-state index >= 15 is 0 Å². The molecule has 0 aromatic carbocycles. The van der Waals surface area contributed by atoms with Gasteiger partial charge in [-0.25, -0.2) is 5.84 Å². The zero-order valence-corrected chi connectivity index (χ0v) is 9.68. The lowest BCUT2D eigenvalue weighted by atomic mass is 10.2. The fraction of sp³-hybridized carbons (Fsp3) is 0.444. The Morgan fingerprint density at radius 2 is 2.13 bits per heavy atom. The van der Waals surface area contributed by atoms with Crippen molar-refractivity contribution in [2.45, 2.75) is 13.2 Å². The van der Waals surface area contributed by atoms with Crippen LogP contribution >= 0.6 is 11.3 Å². The van der Waals surface area contributed by atoms with Crippen molar-refractivity contribution in [1.82, 2.24) is 5.43 Å². The van der Waals surface area contributed by atoms with Gasteiger partial charge in [-0.2, -0.15) is 0 Å². The summed E-state index contributed by atoms with van der Waals surface area (Å²) in [6.07, 6.45) is -0.437. The largest absolute Gasteiger partial charge is 0.351 e. The molecule has 1 aromatic rings. The van der Waals surface area contributed by atoms with Gasteiger partial charge in [0, 0.05) is 14.2 Å². The van der Waals surface area contributed by atoms with E-state index in [1.165, 1.54) is 11.3 Å². The number of thiophene rings is 1. The molecule has 15 heavy (non-hydrogen) atoms. The summed E-state index contributed by atoms with van der Waals surface area (Å²) in [5.41, 5.74) is 2.96. The summed E-state index contributed by atoms with van der Waals surface area (Å²) in [6.45, 7) is 1.84. The summed E-state index contributed by atoms with van der Waals surface area (Å²) in [6, 6.07) is 1.85. The van der Waals surface area contributed by atoms with Gasteiger partial charge in [-0.3, -0.25) is 10.2 Å². The highest BCUT2D eigenvalue weighted by molar-refractivity contribution is 7.14. The summed E-state index contributed by atoms with van der Waals surface area (Å²) in [5, 5.41) is 0. The zero-order chi connectivity index (χ0) is 11.4. The molecular formula is C9H14N2O3S. The molecule has 84 valence electrons. The maximum Gasteiger partial charge on any atom is 0.275 e. The molecule has 6 heteroatoms. The lowest BCUT2D eigenvalue weighted by molar-refractivity contribution is -0.103. The van der Waals surface area contributed by atoms with Crippen LogP contribution in [0.15, 0.2) is 6.07 Å². The molecule has 0 spiro atoms. The fourth-order valence-electron chi connectivity index (χ4n) is 1.24. The average Bonchev–Trinajstić information content (AvgIpc) is 2.61. The summed E-state index contributed by atoms with van der Waals surface area (Å²) >= 11 is 1.31. The van der Waals surface area contributed by atoms with Crippen molar-refractivity contribution in [3.8, 4) is 0 Å². The zero-order valence-electron chi connectivity index (χ0n) is 8.87. The monoisotopic (exact) mass is 230 g/mol. The second-order valence-corrected chi connectivity index (χ2v) is 4.02. The van der Waals surface area contributed by atoms with E-state index in [9.17, 15) is 4.79 Å². The smallest absolute Gasteiger partial charge is 0.275 e. The van der Waals surface area contributed by atoms with Crippen LogP contribution in [0.5, 0.6) is 0 Å². The van der Waals surface area contributed by atoms with Crippen molar-refractivity contribution in [3.63, 3.8) is 0 Å². The number of nitrogens with two attached hydrogens (primary N) is 1. The van der Waals surface area contributed by atoms with Crippen molar-refractivity contribution in [2.75, 3.05) is 14.2 Å². The second-order valence-electron chi connectivity index (χ2n) is 2.94. The molecule has 0 unspecified atom stereocenters. The molecule has 0 bridgehead atoms. The van der Waals surface area contributed by atoms with Crippen molar-refractivity contribution in [1.29, 1.82) is 0 Å². The van der Waals surface area contributed by atoms with Gasteiger partial charge in [0.05, 0.1) is 9.75 Å². The number of hydrogen-bond donors (Lipinski definition) is 2. The Hall–Kier alpha value is -0.950. The maximum atomic E-state index is 11.3. The summed E-state index contributed by atoms with van der Waals surface area (Å²) in [5.74, 6) is 4.77. The average molecular weight is 230 g/mol. The highest BCUT2D eigenvalue weighted by Gasteiger charge is 2.17. The molecule has 1 heterocycles. The summed E-state index contributed by atoms with van der Waals surface area (Å²) in [4.78, 5) is 12.8. The molecular weight excluding hydrogens is 216 g/mol. The van der Waals surface area contributed by atoms with Gasteiger partial charge in [0.2, 0.25) is 0 Å². The van der Waals surface area contributed by atoms with Crippen LogP contribution in [0.2, 0.25) is 0 Å². The Morgan fingerprint density at radius 3 is 2.60 bits per heavy atom. The molecule has 0 aliphatic carbocycles. The minimum absolute atomic E-state index is 0.297. The lowest BCUT2D eigenvalue weighted by Crippen LogP contribution is -2.29. The van der Waals surface area contributed by atoms with Crippen LogP contribution < -0.4 is 11.3 Å². The number of ether oxygens (including phenoxy) is 2. The first-order valence-electron chi connectivity index (χ1n) is 4.30. The summed E-state index contributed by atoms with van der Waals surface area (Å²) in [7, 11) is 3.10. The number of hydrazine groups is 1. The molecule has 0 atom stereocenters. The highest BCUT2D eigenvalue weighted by Crippen LogP contribution is 2.29. The van der Waals surface area contributed by atoms with E-state index in [4.69, 9.17) is 15.3 Å². The summed E-state index contributed by atoms with van der Waals surface area (Å²) < 4.78 is 10.2. The molecule has 0 aliphatic rings. The van der Waals surface area contributed by atoms with Crippen LogP contribution in [-0.4, -0.2) is 20.1 Å². The molecule has 0 radical (unpaired) electrons. The van der Waals surface area contributed by atoms with Crippen molar-refractivity contribution >= 4 is 17.2 Å². The number of nitrogens with one attached hydrogen (secondary N) is 1. The minimum atomic E-state index is -0.437. The fourth-order valence-corrected chi connectivity index (χ4v) is 2.37. The molecule has 1 rings (SSSR count). The van der Waals surface area contributed by atoms with Gasteiger partial charge < -0.3 is 9.47 Å². The molecule has 0 fully saturated rings. The van der Waals surface area contributed by atoms with Crippen LogP contribution in [0.4, 0.5) is 0 Å². The molecule has 1 aromatic heterocycles. The number of carbonyl (C=O) groups excluding carboxylic acids is 1. The number of nitrogen functional groups attached to an aromatic ring is 1. The number of rotatable bonds is 4. The molecule has 5 nitrogen and oxygen atoms in total. The van der Waals surface area contributed by atoms with E-state index in [1.54, 1.807) is 14.2 Å². The van der Waals surface area contributed by atoms with E-state index < -0.39 is 6.29 Å². The quantitative estimate of drug-likeness (QED) is 0.349. The lowest BCUT2D eigenvalue weighted by Gasteiger charge is -2.10. The maximum absolute atomic E-state index is 11.3. The first kappa shape index (κ1) is 12.1. The van der Waals surface area contributed by atoms with E-state index in [0.717, 1.165) is 10.4 Å². The van der Waals surface area contributed by atoms with Gasteiger partial charge in [0.25, 0.3) is 5.91 Å². The van der Waals surface area contributed by atoms with Crippen molar-refractivity contribution < 1.29 is 14.3 Å². The van der Waals surface area contributed by atoms with E-state index in [1.807, 2.05) is 13.0 Å². The molecule has 0 saturated heterocycles. The predicted octanol–water partition coefficient (Wildman–Crippen LogP) is 0.951. The number of hydrogen-bond acceptors (Lipinski definition) is 5. The molecule has 0 aliphatic heterocycles. The van der Waals surface area contributed by atoms with Crippen LogP contribution in [0.3, 0.4) is 0 Å². The van der Waals surface area contributed by atoms with Crippen molar-refractivity contribution in [2.24, 2.45) is 5.84 Å². The first-order valence-corrected chi connectivity index (χ1v) is 5.12. The Kier molecular flexibility index (Phi) is 4.22. The minimum Gasteiger partial charge on any atom is -0.351 e. The third-order valence-corrected chi connectivity index (χ3v) is 3.19. The number of aryl methyl sites for hydroxylation is 1. The van der Waals surface area contributed by atoms with Gasteiger partial charge in [0.1, 0.15) is 0 Å². The highest BCUT2D eigenvalue weighted by atomic mass is 32.1. The normalized spacial score (nSPS) is 10.7. The Bertz CT molecular complexity index is 347. The van der Waals surface area contributed by atoms with E-state index in [-0.39, 0.29) is 5.91 Å². The number of methoxy groups -OCH3 is 2. The van der Waals surface area contributed by atoms with Gasteiger partial charge in [0.15, 0.2) is 6.29 Å². The van der Waals surface area contributed by atoms with Gasteiger partial charge >= 0.3 is 0 Å². The van der Waals surface area contributed by atoms with Gasteiger partial charge in [-0.05, 0) is 18.6 Å². The molecule has 3 N–H and O–H groups in total. The third kappa shape index (κ3) is 2.54. The van der Waals surface area contributed by atoms with Crippen LogP contribution in [0, 0.1) is 6.92 Å². The molecule has 1 amide bonds. The second kappa shape index (κ2) is 5.22. The Balaban J connectivity index is 2.99. The van der Waals surface area contributed by atoms with Crippen LogP contribution in [0.25, 0.3) is 0 Å². The van der Waals surface area contributed by atoms with Crippen molar-refractivity contribution in [3.05, 3.63) is 21.4 Å². The van der Waals surface area contributed by atoms with Crippen LogP contribution in [-0.2, 0) is 9.47 Å². The van der Waals surface area contributed by atoms with Crippen LogP contribution in [0.1, 0.15) is 26.4 Å². The Labute approximate surface area is 92.1 Å². The van der Waals surface area contributed by atoms with E-state index in [2.05, 4.69) is 5.43 Å². The Morgan fingerprint density at radius 1 is 1.53 bits per heavy atom. The van der Waals surface area contributed by atoms with Gasteiger partial charge in [-0.1, -0.05) is 0 Å². The standard InChI is InChI=1S/C9H14N2O3S/c1-5-4-6(9(13-2)14-3)15-7(5)8(12)11-10/h4,9H,10H2,1-3H3,(H,11,12). The number of amides is 1. The predicted molar refractivity (Wildman–Crippen MR) is 57.5 cm³/mol. The third-order valence-electron chi connectivity index (χ3n) is 1.93. The first-order chi connectivity index (χ1) is 7.13. The number of carbonyl (C=O) groups is 1. The molecule has 0 saturated carbocycles. The SMILES string of the molecule is COC(OC)c1cc(C)c(C(=O)NN)s1. The topological polar surface area (TPSA) is 73.6 Å². The van der Waals surface area contributed by atoms with E-state index in [0.29, 0.717) is 4.88 Å². The van der Waals surface area contributed by atoms with Gasteiger partial charge in [-0.15, -0.1) is 11.3 Å².